The van der Waals surface area contributed by atoms with Crippen molar-refractivity contribution in [2.75, 3.05) is 33.4 Å². The standard InChI is InChI=1S/C18H24N4O5S/c1-12-14(13(2)27-20-12)9-21-10-15-16(11-21)26-18-17(5-4-6-19-18)28(23,24)22(15)7-8-25-3/h4-6,15-16H,7-11H2,1-3H3/t15-,16+/m1/s1. The second-order valence-electron chi connectivity index (χ2n) is 7.14. The average Bonchev–Trinajstić information content (AvgIpc) is 3.18. The largest absolute Gasteiger partial charge is 0.470 e. The molecule has 2 aliphatic heterocycles. The lowest BCUT2D eigenvalue weighted by atomic mass is 10.2. The molecule has 4 heterocycles. The fourth-order valence-electron chi connectivity index (χ4n) is 3.88. The van der Waals surface area contributed by atoms with E-state index in [9.17, 15) is 8.42 Å². The average molecular weight is 408 g/mol. The number of ether oxygens (including phenoxy) is 2. The fourth-order valence-corrected chi connectivity index (χ4v) is 5.58. The van der Waals surface area contributed by atoms with Crippen LogP contribution >= 0.6 is 0 Å². The maximum Gasteiger partial charge on any atom is 0.248 e. The van der Waals surface area contributed by atoms with Crippen molar-refractivity contribution in [1.82, 2.24) is 19.3 Å². The summed E-state index contributed by atoms with van der Waals surface area (Å²) in [6, 6.07) is 2.83. The van der Waals surface area contributed by atoms with Crippen LogP contribution in [0, 0.1) is 13.8 Å². The van der Waals surface area contributed by atoms with Crippen LogP contribution in [0.3, 0.4) is 0 Å². The maximum absolute atomic E-state index is 13.3. The lowest BCUT2D eigenvalue weighted by molar-refractivity contribution is 0.123. The predicted octanol–water partition coefficient (Wildman–Crippen LogP) is 0.969. The monoisotopic (exact) mass is 408 g/mol. The number of hydrogen-bond acceptors (Lipinski definition) is 8. The summed E-state index contributed by atoms with van der Waals surface area (Å²) in [7, 11) is -2.18. The molecule has 0 N–H and O–H groups in total. The summed E-state index contributed by atoms with van der Waals surface area (Å²) in [6.45, 7) is 6.13. The SMILES string of the molecule is COCCN1[C@@H]2CN(Cc3c(C)noc3C)C[C@@H]2Oc2ncccc2S1(=O)=O. The van der Waals surface area contributed by atoms with Crippen LogP contribution in [-0.4, -0.2) is 73.3 Å². The minimum Gasteiger partial charge on any atom is -0.470 e. The third-order valence-corrected chi connectivity index (χ3v) is 7.28. The molecule has 0 amide bonds. The Morgan fingerprint density at radius 2 is 2.14 bits per heavy atom. The van der Waals surface area contributed by atoms with Crippen LogP contribution < -0.4 is 4.74 Å². The number of methoxy groups -OCH3 is 1. The molecule has 1 saturated heterocycles. The van der Waals surface area contributed by atoms with Gasteiger partial charge in [0.1, 0.15) is 16.8 Å². The predicted molar refractivity (Wildman–Crippen MR) is 99.5 cm³/mol. The van der Waals surface area contributed by atoms with Gasteiger partial charge in [-0.1, -0.05) is 5.16 Å². The second-order valence-corrected chi connectivity index (χ2v) is 8.99. The number of rotatable bonds is 5. The Hall–Kier alpha value is -2.01. The highest BCUT2D eigenvalue weighted by atomic mass is 32.2. The van der Waals surface area contributed by atoms with Gasteiger partial charge in [0.25, 0.3) is 0 Å². The molecule has 0 unspecified atom stereocenters. The Kier molecular flexibility index (Phi) is 5.13. The van der Waals surface area contributed by atoms with E-state index in [-0.39, 0.29) is 29.5 Å². The summed E-state index contributed by atoms with van der Waals surface area (Å²) in [4.78, 5) is 6.46. The minimum absolute atomic E-state index is 0.109. The molecule has 10 heteroatoms. The summed E-state index contributed by atoms with van der Waals surface area (Å²) in [5.41, 5.74) is 1.88. The molecule has 152 valence electrons. The molecule has 2 aliphatic rings. The van der Waals surface area contributed by atoms with E-state index < -0.39 is 10.0 Å². The Morgan fingerprint density at radius 1 is 1.32 bits per heavy atom. The van der Waals surface area contributed by atoms with Crippen LogP contribution in [0.4, 0.5) is 0 Å². The lowest BCUT2D eigenvalue weighted by Crippen LogP contribution is -2.48. The quantitative estimate of drug-likeness (QED) is 0.722. The van der Waals surface area contributed by atoms with Gasteiger partial charge in [0.05, 0.1) is 18.3 Å². The molecular weight excluding hydrogens is 384 g/mol. The highest BCUT2D eigenvalue weighted by Crippen LogP contribution is 2.35. The summed E-state index contributed by atoms with van der Waals surface area (Å²) < 4.78 is 44.6. The Balaban J connectivity index is 1.66. The number of nitrogens with zero attached hydrogens (tertiary/aromatic N) is 4. The van der Waals surface area contributed by atoms with Crippen molar-refractivity contribution < 1.29 is 22.4 Å². The van der Waals surface area contributed by atoms with Gasteiger partial charge in [-0.05, 0) is 26.0 Å². The van der Waals surface area contributed by atoms with Crippen molar-refractivity contribution in [2.24, 2.45) is 0 Å². The minimum atomic E-state index is -3.74. The Bertz CT molecular complexity index is 941. The number of fused-ring (bicyclic) bond motifs is 2. The van der Waals surface area contributed by atoms with E-state index >= 15 is 0 Å². The molecule has 0 saturated carbocycles. The van der Waals surface area contributed by atoms with Gasteiger partial charge in [-0.2, -0.15) is 4.31 Å². The maximum atomic E-state index is 13.3. The van der Waals surface area contributed by atoms with Crippen LogP contribution in [-0.2, 0) is 21.3 Å². The molecule has 0 aromatic carbocycles. The zero-order chi connectivity index (χ0) is 19.9. The van der Waals surface area contributed by atoms with Gasteiger partial charge >= 0.3 is 0 Å². The molecule has 2 aromatic rings. The summed E-state index contributed by atoms with van der Waals surface area (Å²) in [5, 5.41) is 4.01. The zero-order valence-electron chi connectivity index (χ0n) is 16.2. The van der Waals surface area contributed by atoms with Crippen molar-refractivity contribution in [3.05, 3.63) is 35.3 Å². The molecule has 0 aliphatic carbocycles. The summed E-state index contributed by atoms with van der Waals surface area (Å²) >= 11 is 0. The number of aromatic nitrogens is 2. The number of pyridine rings is 1. The molecule has 2 aromatic heterocycles. The molecule has 2 atom stereocenters. The van der Waals surface area contributed by atoms with Crippen LogP contribution in [0.15, 0.2) is 27.7 Å². The van der Waals surface area contributed by atoms with Crippen LogP contribution in [0.2, 0.25) is 0 Å². The Labute approximate surface area is 164 Å². The van der Waals surface area contributed by atoms with Crippen LogP contribution in [0.25, 0.3) is 0 Å². The molecule has 0 radical (unpaired) electrons. The molecule has 0 bridgehead atoms. The van der Waals surface area contributed by atoms with Crippen LogP contribution in [0.5, 0.6) is 5.88 Å². The molecule has 0 spiro atoms. The third kappa shape index (κ3) is 3.30. The smallest absolute Gasteiger partial charge is 0.248 e. The van der Waals surface area contributed by atoms with Crippen molar-refractivity contribution in [1.29, 1.82) is 0 Å². The van der Waals surface area contributed by atoms with E-state index in [1.54, 1.807) is 25.4 Å². The number of aryl methyl sites for hydroxylation is 2. The normalized spacial score (nSPS) is 24.4. The van der Waals surface area contributed by atoms with Gasteiger partial charge in [-0.3, -0.25) is 4.90 Å². The van der Waals surface area contributed by atoms with E-state index in [1.165, 1.54) is 4.31 Å². The first-order chi connectivity index (χ1) is 13.4. The molecule has 1 fully saturated rings. The van der Waals surface area contributed by atoms with Crippen molar-refractivity contribution >= 4 is 10.0 Å². The van der Waals surface area contributed by atoms with Crippen molar-refractivity contribution in [2.45, 2.75) is 37.4 Å². The van der Waals surface area contributed by atoms with E-state index in [4.69, 9.17) is 14.0 Å². The number of likely N-dealkylation sites (tertiary alicyclic amines) is 1. The summed E-state index contributed by atoms with van der Waals surface area (Å²) in [5.74, 6) is 0.943. The fraction of sp³-hybridized carbons (Fsp3) is 0.556. The van der Waals surface area contributed by atoms with Crippen LogP contribution in [0.1, 0.15) is 17.0 Å². The van der Waals surface area contributed by atoms with E-state index in [0.717, 1.165) is 17.0 Å². The molecular formula is C18H24N4O5S. The van der Waals surface area contributed by atoms with E-state index in [2.05, 4.69) is 15.0 Å². The van der Waals surface area contributed by atoms with Crippen molar-refractivity contribution in [3.8, 4) is 5.88 Å². The zero-order valence-corrected chi connectivity index (χ0v) is 17.0. The highest BCUT2D eigenvalue weighted by molar-refractivity contribution is 7.89. The first-order valence-electron chi connectivity index (χ1n) is 9.18. The van der Waals surface area contributed by atoms with Gasteiger partial charge in [-0.25, -0.2) is 13.4 Å². The van der Waals surface area contributed by atoms with Gasteiger partial charge in [-0.15, -0.1) is 0 Å². The van der Waals surface area contributed by atoms with Gasteiger partial charge < -0.3 is 14.0 Å². The molecule has 9 nitrogen and oxygen atoms in total. The first-order valence-corrected chi connectivity index (χ1v) is 10.6. The third-order valence-electron chi connectivity index (χ3n) is 5.35. The van der Waals surface area contributed by atoms with E-state index in [1.807, 2.05) is 13.8 Å². The first kappa shape index (κ1) is 19.3. The second kappa shape index (κ2) is 7.43. The molecule has 4 rings (SSSR count). The molecule has 28 heavy (non-hydrogen) atoms. The van der Waals surface area contributed by atoms with E-state index in [0.29, 0.717) is 26.2 Å². The highest BCUT2D eigenvalue weighted by Gasteiger charge is 2.47. The topological polar surface area (TPSA) is 98.0 Å². The summed E-state index contributed by atoms with van der Waals surface area (Å²) in [6.07, 6.45) is 1.23. The van der Waals surface area contributed by atoms with Gasteiger partial charge in [0.2, 0.25) is 15.9 Å². The Morgan fingerprint density at radius 3 is 2.86 bits per heavy atom. The lowest BCUT2D eigenvalue weighted by Gasteiger charge is -2.27. The van der Waals surface area contributed by atoms with Gasteiger partial charge in [0.15, 0.2) is 0 Å². The number of sulfonamides is 1. The number of hydrogen-bond donors (Lipinski definition) is 0. The van der Waals surface area contributed by atoms with Gasteiger partial charge in [0, 0.05) is 45.0 Å². The van der Waals surface area contributed by atoms with Crippen molar-refractivity contribution in [3.63, 3.8) is 0 Å².